The Kier molecular flexibility index (Phi) is 4.56. The van der Waals surface area contributed by atoms with Crippen molar-refractivity contribution in [2.45, 2.75) is 5.38 Å². The maximum Gasteiger partial charge on any atom is 0.141 e. The van der Waals surface area contributed by atoms with Crippen LogP contribution in [0.3, 0.4) is 0 Å². The average molecular weight is 215 g/mol. The summed E-state index contributed by atoms with van der Waals surface area (Å²) in [6.45, 7) is 1.10. The van der Waals surface area contributed by atoms with Crippen LogP contribution >= 0.6 is 11.6 Å². The van der Waals surface area contributed by atoms with Crippen LogP contribution in [0.4, 0.5) is 5.69 Å². The fourth-order valence-corrected chi connectivity index (χ4v) is 1.17. The summed E-state index contributed by atoms with van der Waals surface area (Å²) in [6, 6.07) is 7.70. The topological polar surface area (TPSA) is 47.3 Å². The van der Waals surface area contributed by atoms with Crippen molar-refractivity contribution in [3.8, 4) is 5.75 Å². The highest BCUT2D eigenvalue weighted by Crippen LogP contribution is 2.22. The second-order valence-corrected chi connectivity index (χ2v) is 3.53. The molecule has 3 nitrogen and oxygen atoms in total. The van der Waals surface area contributed by atoms with Crippen molar-refractivity contribution in [1.29, 1.82) is 0 Å². The molecule has 1 rings (SSSR count). The van der Waals surface area contributed by atoms with Gasteiger partial charge in [-0.15, -0.1) is 11.6 Å². The lowest BCUT2D eigenvalue weighted by Gasteiger charge is -2.12. The summed E-state index contributed by atoms with van der Waals surface area (Å²) in [7, 11) is 1.64. The maximum atomic E-state index is 5.88. The third kappa shape index (κ3) is 3.09. The van der Waals surface area contributed by atoms with Crippen LogP contribution in [0.1, 0.15) is 0 Å². The fraction of sp³-hybridized carbons (Fsp3) is 0.400. The first kappa shape index (κ1) is 11.1. The van der Waals surface area contributed by atoms with E-state index in [-0.39, 0.29) is 5.38 Å². The Bertz CT molecular complexity index is 281. The molecule has 0 amide bonds. The van der Waals surface area contributed by atoms with E-state index in [0.717, 1.165) is 11.4 Å². The van der Waals surface area contributed by atoms with Gasteiger partial charge in [-0.25, -0.2) is 0 Å². The average Bonchev–Trinajstić information content (AvgIpc) is 2.26. The number of methoxy groups -OCH3 is 1. The van der Waals surface area contributed by atoms with Crippen molar-refractivity contribution in [1.82, 2.24) is 0 Å². The van der Waals surface area contributed by atoms with Crippen LogP contribution in [-0.4, -0.2) is 25.6 Å². The summed E-state index contributed by atoms with van der Waals surface area (Å²) < 4.78 is 5.17. The van der Waals surface area contributed by atoms with Gasteiger partial charge in [-0.3, -0.25) is 0 Å². The Morgan fingerprint density at radius 3 is 2.86 bits per heavy atom. The Morgan fingerprint density at radius 2 is 2.21 bits per heavy atom. The summed E-state index contributed by atoms with van der Waals surface area (Å²) in [5.74, 6) is 0.813. The molecule has 14 heavy (non-hydrogen) atoms. The molecule has 0 spiro atoms. The molecule has 0 saturated carbocycles. The van der Waals surface area contributed by atoms with E-state index in [0.29, 0.717) is 13.1 Å². The molecule has 0 fully saturated rings. The van der Waals surface area contributed by atoms with Crippen molar-refractivity contribution in [3.05, 3.63) is 24.3 Å². The molecular weight excluding hydrogens is 200 g/mol. The van der Waals surface area contributed by atoms with Crippen molar-refractivity contribution in [3.63, 3.8) is 0 Å². The highest BCUT2D eigenvalue weighted by Gasteiger charge is 2.04. The number of rotatable bonds is 5. The Morgan fingerprint density at radius 1 is 1.50 bits per heavy atom. The van der Waals surface area contributed by atoms with Crippen molar-refractivity contribution < 1.29 is 4.74 Å². The second kappa shape index (κ2) is 5.73. The fourth-order valence-electron chi connectivity index (χ4n) is 1.09. The van der Waals surface area contributed by atoms with E-state index in [1.807, 2.05) is 24.3 Å². The molecule has 4 heteroatoms. The lowest BCUT2D eigenvalue weighted by atomic mass is 10.3. The monoisotopic (exact) mass is 214 g/mol. The molecule has 0 aliphatic carbocycles. The lowest BCUT2D eigenvalue weighted by molar-refractivity contribution is 0.416. The van der Waals surface area contributed by atoms with Crippen LogP contribution < -0.4 is 15.8 Å². The van der Waals surface area contributed by atoms with Gasteiger partial charge >= 0.3 is 0 Å². The van der Waals surface area contributed by atoms with Crippen LogP contribution in [0.15, 0.2) is 24.3 Å². The largest absolute Gasteiger partial charge is 0.495 e. The van der Waals surface area contributed by atoms with E-state index in [1.54, 1.807) is 7.11 Å². The molecule has 0 aliphatic rings. The Labute approximate surface area is 89.2 Å². The predicted molar refractivity (Wildman–Crippen MR) is 60.2 cm³/mol. The summed E-state index contributed by atoms with van der Waals surface area (Å²) >= 11 is 5.88. The zero-order valence-corrected chi connectivity index (χ0v) is 8.92. The van der Waals surface area contributed by atoms with Crippen LogP contribution in [0, 0.1) is 0 Å². The molecule has 0 radical (unpaired) electrons. The lowest BCUT2D eigenvalue weighted by Crippen LogP contribution is -2.23. The van der Waals surface area contributed by atoms with Gasteiger partial charge in [0.1, 0.15) is 5.75 Å². The molecular formula is C10H15ClN2O. The highest BCUT2D eigenvalue weighted by molar-refractivity contribution is 6.21. The number of nitrogens with one attached hydrogen (secondary N) is 1. The van der Waals surface area contributed by atoms with Crippen molar-refractivity contribution in [2.24, 2.45) is 5.73 Å². The Balaban J connectivity index is 2.57. The third-order valence-electron chi connectivity index (χ3n) is 1.88. The zero-order valence-electron chi connectivity index (χ0n) is 8.16. The van der Waals surface area contributed by atoms with Gasteiger partial charge in [-0.2, -0.15) is 0 Å². The normalized spacial score (nSPS) is 12.2. The molecule has 1 aromatic carbocycles. The van der Waals surface area contributed by atoms with E-state index in [9.17, 15) is 0 Å². The van der Waals surface area contributed by atoms with E-state index >= 15 is 0 Å². The number of alkyl halides is 1. The first-order valence-corrected chi connectivity index (χ1v) is 4.92. The van der Waals surface area contributed by atoms with Gasteiger partial charge < -0.3 is 15.8 Å². The van der Waals surface area contributed by atoms with Crippen LogP contribution in [0.5, 0.6) is 5.75 Å². The minimum atomic E-state index is -0.0556. The van der Waals surface area contributed by atoms with Crippen LogP contribution in [0.25, 0.3) is 0 Å². The molecule has 1 atom stereocenters. The molecule has 0 heterocycles. The zero-order chi connectivity index (χ0) is 10.4. The predicted octanol–water partition coefficient (Wildman–Crippen LogP) is 1.67. The smallest absolute Gasteiger partial charge is 0.141 e. The first-order valence-electron chi connectivity index (χ1n) is 4.49. The number of hydrogen-bond acceptors (Lipinski definition) is 3. The number of anilines is 1. The minimum absolute atomic E-state index is 0.0556. The molecule has 1 unspecified atom stereocenters. The molecule has 1 aromatic rings. The van der Waals surface area contributed by atoms with E-state index in [4.69, 9.17) is 22.1 Å². The number of ether oxygens (including phenoxy) is 1. The third-order valence-corrected chi connectivity index (χ3v) is 2.21. The quantitative estimate of drug-likeness (QED) is 0.734. The van der Waals surface area contributed by atoms with E-state index in [1.165, 1.54) is 0 Å². The van der Waals surface area contributed by atoms with Gasteiger partial charge in [0.05, 0.1) is 18.2 Å². The molecule has 78 valence electrons. The van der Waals surface area contributed by atoms with Crippen molar-refractivity contribution in [2.75, 3.05) is 25.5 Å². The number of benzene rings is 1. The van der Waals surface area contributed by atoms with Gasteiger partial charge in [0, 0.05) is 13.1 Å². The highest BCUT2D eigenvalue weighted by atomic mass is 35.5. The van der Waals surface area contributed by atoms with Gasteiger partial charge in [0.25, 0.3) is 0 Å². The summed E-state index contributed by atoms with van der Waals surface area (Å²) in [4.78, 5) is 0. The van der Waals surface area contributed by atoms with Crippen LogP contribution in [0.2, 0.25) is 0 Å². The second-order valence-electron chi connectivity index (χ2n) is 2.91. The molecule has 0 aliphatic heterocycles. The standard InChI is InChI=1S/C10H15ClN2O/c1-14-10-5-3-2-4-9(10)13-7-8(11)6-12/h2-5,8,13H,6-7,12H2,1H3. The summed E-state index contributed by atoms with van der Waals surface area (Å²) in [6.07, 6.45) is 0. The number of halogens is 1. The first-order chi connectivity index (χ1) is 6.77. The van der Waals surface area contributed by atoms with Gasteiger partial charge in [0.15, 0.2) is 0 Å². The number of hydrogen-bond donors (Lipinski definition) is 2. The number of para-hydroxylation sites is 2. The SMILES string of the molecule is COc1ccccc1NCC(Cl)CN. The molecule has 0 aromatic heterocycles. The van der Waals surface area contributed by atoms with Gasteiger partial charge in [-0.05, 0) is 12.1 Å². The Hall–Kier alpha value is -0.930. The molecule has 0 bridgehead atoms. The minimum Gasteiger partial charge on any atom is -0.495 e. The van der Waals surface area contributed by atoms with E-state index < -0.39 is 0 Å². The summed E-state index contributed by atoms with van der Waals surface area (Å²) in [5, 5.41) is 3.12. The molecule has 3 N–H and O–H groups in total. The van der Waals surface area contributed by atoms with Crippen LogP contribution in [-0.2, 0) is 0 Å². The van der Waals surface area contributed by atoms with Crippen molar-refractivity contribution >= 4 is 17.3 Å². The number of nitrogens with two attached hydrogens (primary N) is 1. The molecule has 0 saturated heterocycles. The maximum absolute atomic E-state index is 5.88. The summed E-state index contributed by atoms with van der Waals surface area (Å²) in [5.41, 5.74) is 6.34. The van der Waals surface area contributed by atoms with E-state index in [2.05, 4.69) is 5.32 Å². The van der Waals surface area contributed by atoms with Gasteiger partial charge in [-0.1, -0.05) is 12.1 Å². The van der Waals surface area contributed by atoms with Gasteiger partial charge in [0.2, 0.25) is 0 Å².